The second kappa shape index (κ2) is 27.5. The average molecular weight is 1330 g/mol. The summed E-state index contributed by atoms with van der Waals surface area (Å²) in [4.78, 5) is 63.2. The second-order valence-electron chi connectivity index (χ2n) is 24.6. The lowest BCUT2D eigenvalue weighted by Gasteiger charge is -2.33. The molecule has 6 aliphatic rings. The molecule has 18 nitrogen and oxygen atoms in total. The lowest BCUT2D eigenvalue weighted by atomic mass is 9.83. The van der Waals surface area contributed by atoms with Crippen molar-refractivity contribution < 1.29 is 80.4 Å². The first-order valence-corrected chi connectivity index (χ1v) is 31.5. The number of halogens is 2. The van der Waals surface area contributed by atoms with Gasteiger partial charge in [-0.05, 0) is 149 Å². The van der Waals surface area contributed by atoms with E-state index in [4.69, 9.17) is 32.5 Å². The lowest BCUT2D eigenvalue weighted by molar-refractivity contribution is -0.363. The van der Waals surface area contributed by atoms with E-state index in [0.29, 0.717) is 74.1 Å². The van der Waals surface area contributed by atoms with Gasteiger partial charge in [0.1, 0.15) is 58.7 Å². The Hall–Kier alpha value is -11.6. The van der Waals surface area contributed by atoms with Gasteiger partial charge < -0.3 is 70.5 Å². The number of hydrogen-bond donors (Lipinski definition) is 4. The molecule has 6 aromatic rings. The van der Waals surface area contributed by atoms with Gasteiger partial charge >= 0.3 is 24.9 Å². The van der Waals surface area contributed by atoms with Crippen LogP contribution in [0.2, 0.25) is 0 Å². The SMILES string of the molecule is CC1=C(C#Cc2ccc(-c3c4ccc(=O)cc-4oc4cc(O)ccc34)c(C(=O)O)c2)C(C)=[N+]2C1=C(c1ccc(C#CCOCCOCCOCCOCC(=O)OC(C)(C)C)cc1)c1c(C)c(C#Cc3ccc(-c4c5ccc(=O)cc-5oc5cc(O)ccc45)c(C(=O)O)c3)c(C)n1[B-]2(F)F. The summed E-state index contributed by atoms with van der Waals surface area (Å²) in [6, 6.07) is 33.5. The number of carboxylic acid groups (broad SMARTS) is 2. The van der Waals surface area contributed by atoms with Crippen molar-refractivity contribution in [3.05, 3.63) is 227 Å². The summed E-state index contributed by atoms with van der Waals surface area (Å²) in [6.45, 7) is 8.73. The van der Waals surface area contributed by atoms with Crippen molar-refractivity contribution in [1.82, 2.24) is 4.48 Å². The van der Waals surface area contributed by atoms with Crippen molar-refractivity contribution in [2.24, 2.45) is 0 Å². The van der Waals surface area contributed by atoms with Gasteiger partial charge in [0.2, 0.25) is 0 Å². The molecule has 0 radical (unpaired) electrons. The van der Waals surface area contributed by atoms with Crippen molar-refractivity contribution in [2.45, 2.75) is 54.1 Å². The molecule has 0 unspecified atom stereocenters. The number of hydrogen-bond acceptors (Lipinski definition) is 14. The molecule has 99 heavy (non-hydrogen) atoms. The van der Waals surface area contributed by atoms with Crippen molar-refractivity contribution in [3.8, 4) is 91.9 Å². The number of fused-ring (bicyclic) bond motifs is 6. The Morgan fingerprint density at radius 3 is 1.60 bits per heavy atom. The van der Waals surface area contributed by atoms with Gasteiger partial charge in [-0.1, -0.05) is 59.8 Å². The molecule has 0 saturated carbocycles. The molecule has 1 aromatic heterocycles. The second-order valence-corrected chi connectivity index (χ2v) is 24.6. The summed E-state index contributed by atoms with van der Waals surface area (Å²) >= 11 is 0. The lowest BCUT2D eigenvalue weighted by Crippen LogP contribution is -2.51. The predicted octanol–water partition coefficient (Wildman–Crippen LogP) is 12.7. The number of rotatable bonds is 17. The van der Waals surface area contributed by atoms with E-state index in [1.807, 2.05) is 0 Å². The molecule has 0 amide bonds. The minimum atomic E-state index is -4.73. The number of aromatic nitrogens is 1. The summed E-state index contributed by atoms with van der Waals surface area (Å²) in [5.74, 6) is 15.7. The van der Waals surface area contributed by atoms with Gasteiger partial charge in [-0.15, -0.1) is 0 Å². The van der Waals surface area contributed by atoms with Crippen LogP contribution < -0.4 is 10.9 Å². The van der Waals surface area contributed by atoms with E-state index in [-0.39, 0.29) is 152 Å². The molecule has 0 saturated heterocycles. The molecule has 21 heteroatoms. The summed E-state index contributed by atoms with van der Waals surface area (Å²) < 4.78 is 77.8. The molecule has 5 aromatic carbocycles. The number of esters is 1. The van der Waals surface area contributed by atoms with Crippen LogP contribution in [0.1, 0.15) is 100 Å². The Morgan fingerprint density at radius 2 is 1.07 bits per heavy atom. The maximum Gasteiger partial charge on any atom is 0.737 e. The first-order valence-electron chi connectivity index (χ1n) is 31.5. The highest BCUT2D eigenvalue weighted by Gasteiger charge is 2.57. The summed E-state index contributed by atoms with van der Waals surface area (Å²) in [6.07, 6.45) is 0. The monoisotopic (exact) mass is 1330 g/mol. The minimum absolute atomic E-state index is 0.0862. The van der Waals surface area contributed by atoms with Crippen molar-refractivity contribution in [2.75, 3.05) is 52.9 Å². The Labute approximate surface area is 566 Å². The number of phenolic OH excluding ortho intramolecular Hbond substituents is 2. The Morgan fingerprint density at radius 1 is 0.576 bits per heavy atom. The van der Waals surface area contributed by atoms with Crippen LogP contribution in [0.4, 0.5) is 8.63 Å². The number of allylic oxidation sites excluding steroid dienone is 2. The zero-order valence-electron chi connectivity index (χ0n) is 54.8. The number of phenols is 2. The molecule has 0 bridgehead atoms. The van der Waals surface area contributed by atoms with E-state index in [9.17, 15) is 44.4 Å². The Balaban J connectivity index is 0.873. The van der Waals surface area contributed by atoms with Gasteiger partial charge in [0, 0.05) is 103 Å². The van der Waals surface area contributed by atoms with E-state index in [0.717, 1.165) is 8.96 Å². The molecule has 12 rings (SSSR count). The first kappa shape index (κ1) is 67.3. The molecule has 4 N–H and O–H groups in total. The van der Waals surface area contributed by atoms with Gasteiger partial charge in [-0.2, -0.15) is 0 Å². The van der Waals surface area contributed by atoms with E-state index < -0.39 is 30.5 Å². The summed E-state index contributed by atoms with van der Waals surface area (Å²) in [7, 11) is 0. The molecule has 5 heterocycles. The molecule has 0 atom stereocenters. The van der Waals surface area contributed by atoms with E-state index in [1.54, 1.807) is 121 Å². The smallest absolute Gasteiger partial charge is 0.508 e. The molecule has 0 fully saturated rings. The largest absolute Gasteiger partial charge is 0.737 e. The number of carboxylic acids is 2. The zero-order valence-corrected chi connectivity index (χ0v) is 54.8. The average Bonchev–Trinajstić information content (AvgIpc) is 1.54. The number of carbonyl (C=O) groups excluding carboxylic acids is 1. The minimum Gasteiger partial charge on any atom is -0.508 e. The Kier molecular flexibility index (Phi) is 18.7. The van der Waals surface area contributed by atoms with Crippen LogP contribution in [0.25, 0.3) is 72.4 Å². The van der Waals surface area contributed by atoms with E-state index in [2.05, 4.69) is 35.5 Å². The highest BCUT2D eigenvalue weighted by Crippen LogP contribution is 2.48. The maximum atomic E-state index is 18.2. The van der Waals surface area contributed by atoms with E-state index in [1.165, 1.54) is 60.7 Å². The van der Waals surface area contributed by atoms with Crippen LogP contribution in [-0.2, 0) is 28.5 Å². The molecular weight excluding hydrogens is 1270 g/mol. The number of nitrogens with zero attached hydrogens (tertiary/aromatic N) is 2. The Bertz CT molecular complexity index is 5380. The predicted molar refractivity (Wildman–Crippen MR) is 369 cm³/mol. The van der Waals surface area contributed by atoms with Crippen molar-refractivity contribution in [3.63, 3.8) is 0 Å². The zero-order chi connectivity index (χ0) is 70.2. The van der Waals surface area contributed by atoms with Gasteiger partial charge in [-0.3, -0.25) is 9.59 Å². The maximum absolute atomic E-state index is 18.2. The van der Waals surface area contributed by atoms with Crippen LogP contribution in [0.3, 0.4) is 0 Å². The fourth-order valence-corrected chi connectivity index (χ4v) is 12.6. The fraction of sp³-hybridized carbons (Fsp3) is 0.205. The number of carbonyl (C=O) groups is 3. The van der Waals surface area contributed by atoms with Crippen molar-refractivity contribution >= 4 is 58.1 Å². The first-order chi connectivity index (χ1) is 47.4. The highest BCUT2D eigenvalue weighted by atomic mass is 19.2. The molecular formula is C78H63BF2N2O16. The van der Waals surface area contributed by atoms with Gasteiger partial charge in [0.15, 0.2) is 16.6 Å². The quantitative estimate of drug-likeness (QED) is 0.0218. The van der Waals surface area contributed by atoms with Gasteiger partial charge in [0.05, 0.1) is 61.9 Å². The summed E-state index contributed by atoms with van der Waals surface area (Å²) in [5, 5.41) is 43.2. The third-order valence-corrected chi connectivity index (χ3v) is 16.9. The molecule has 498 valence electrons. The van der Waals surface area contributed by atoms with Crippen LogP contribution in [0.15, 0.2) is 169 Å². The normalized spacial score (nSPS) is 13.3. The molecule has 2 aliphatic carbocycles. The number of aromatic hydroxyl groups is 2. The fourth-order valence-electron chi connectivity index (χ4n) is 12.6. The number of aromatic carboxylic acids is 2. The van der Waals surface area contributed by atoms with Crippen LogP contribution in [-0.4, -0.2) is 118 Å². The third kappa shape index (κ3) is 13.6. The van der Waals surface area contributed by atoms with Crippen molar-refractivity contribution in [1.29, 1.82) is 0 Å². The highest BCUT2D eigenvalue weighted by molar-refractivity contribution is 6.58. The van der Waals surface area contributed by atoms with E-state index >= 15 is 8.63 Å². The van der Waals surface area contributed by atoms with Crippen LogP contribution in [0.5, 0.6) is 11.5 Å². The third-order valence-electron chi connectivity index (χ3n) is 16.9. The standard InChI is InChI=1S/C78H63BF2N2O16/c1-44-56(22-12-49-14-24-58(64(37-49)76(89)90)72-60-26-18-52(84)39-66(60)97-67-40-53(85)19-27-61(67)72)46(3)82-74(44)71(51-16-10-48(11-17-51)9-8-30-93-31-32-94-33-34-95-35-36-96-43-70(88)99-78(5,6)7)75-45(2)57(47(4)83(75)79(82,80)81)23-13-50-15-25-59(65(38-50)77(91)92)73-62-28-20-54(86)41-68(62)98-69-42-55(87)21-29-63(69)73/h10-11,14-21,24-29,37-42,84,86H,30-36,43H2,1-7H3,(H,89,90)(H,91,92). The van der Waals surface area contributed by atoms with Gasteiger partial charge in [-0.25, -0.2) is 14.4 Å². The van der Waals surface area contributed by atoms with Crippen LogP contribution in [0, 0.1) is 49.4 Å². The number of benzene rings is 7. The topological polar surface area (TPSA) is 247 Å². The molecule has 0 spiro atoms. The van der Waals surface area contributed by atoms with Crippen LogP contribution >= 0.6 is 0 Å². The van der Waals surface area contributed by atoms with Gasteiger partial charge in [0.25, 0.3) is 0 Å². The molecule has 4 aliphatic heterocycles. The summed E-state index contributed by atoms with van der Waals surface area (Å²) in [5.41, 5.74) is 5.25. The number of ether oxygens (including phenoxy) is 5.